The minimum absolute atomic E-state index is 0.103. The Balaban J connectivity index is 1.39. The number of hydrogen-bond acceptors (Lipinski definition) is 6. The summed E-state index contributed by atoms with van der Waals surface area (Å²) in [4.78, 5) is 6.38. The lowest BCUT2D eigenvalue weighted by Gasteiger charge is -2.33. The van der Waals surface area contributed by atoms with Crippen LogP contribution in [0.3, 0.4) is 0 Å². The summed E-state index contributed by atoms with van der Waals surface area (Å²) >= 11 is 0. The largest absolute Gasteiger partial charge is 0.369 e. The Labute approximate surface area is 238 Å². The number of piperazine rings is 1. The standard InChI is InChI=1S/C29H31F2N7O2S/c1-20-18-36(15-12-33-20)23-4-6-24(7-5-23)38-19-26(29(34-38)21-8-10-32-11-9-21)25-16-22(30)17-27(28(25)31)35-41(39,40)37-13-2-3-14-37/h4-11,16-17,19-20,33,35H,2-3,12-15,18H2,1H3/t20-/m1/s1. The van der Waals surface area contributed by atoms with E-state index < -0.39 is 27.5 Å². The summed E-state index contributed by atoms with van der Waals surface area (Å²) in [5, 5.41) is 8.19. The van der Waals surface area contributed by atoms with Crippen molar-refractivity contribution in [3.05, 3.63) is 78.8 Å². The lowest BCUT2D eigenvalue weighted by Crippen LogP contribution is -2.49. The number of nitrogens with zero attached hydrogens (tertiary/aromatic N) is 5. The highest BCUT2D eigenvalue weighted by atomic mass is 32.2. The van der Waals surface area contributed by atoms with Crippen LogP contribution in [0.5, 0.6) is 0 Å². The van der Waals surface area contributed by atoms with E-state index in [2.05, 4.69) is 26.8 Å². The van der Waals surface area contributed by atoms with Crippen molar-refractivity contribution < 1.29 is 17.2 Å². The van der Waals surface area contributed by atoms with Crippen LogP contribution in [0.15, 0.2) is 67.1 Å². The number of hydrogen-bond donors (Lipinski definition) is 2. The maximum absolute atomic E-state index is 16.0. The molecule has 2 aliphatic heterocycles. The lowest BCUT2D eigenvalue weighted by atomic mass is 10.0. The van der Waals surface area contributed by atoms with E-state index in [1.165, 1.54) is 4.31 Å². The molecule has 0 bridgehead atoms. The smallest absolute Gasteiger partial charge is 0.301 e. The molecule has 6 rings (SSSR count). The van der Waals surface area contributed by atoms with Crippen LogP contribution in [0, 0.1) is 11.6 Å². The molecule has 0 aliphatic carbocycles. The molecule has 2 saturated heterocycles. The van der Waals surface area contributed by atoms with Crippen LogP contribution in [-0.2, 0) is 10.2 Å². The Hall–Kier alpha value is -3.87. The van der Waals surface area contributed by atoms with E-state index in [4.69, 9.17) is 5.10 Å². The molecule has 2 fully saturated rings. The fraction of sp³-hybridized carbons (Fsp3) is 0.310. The average Bonchev–Trinajstić information content (AvgIpc) is 3.67. The van der Waals surface area contributed by atoms with E-state index in [1.54, 1.807) is 35.4 Å². The molecule has 41 heavy (non-hydrogen) atoms. The zero-order chi connectivity index (χ0) is 28.6. The normalized spacial score (nSPS) is 18.1. The Kier molecular flexibility index (Phi) is 7.45. The molecule has 9 nitrogen and oxygen atoms in total. The first-order valence-electron chi connectivity index (χ1n) is 13.6. The first-order chi connectivity index (χ1) is 19.8. The van der Waals surface area contributed by atoms with Gasteiger partial charge in [0.15, 0.2) is 5.82 Å². The molecule has 2 N–H and O–H groups in total. The Morgan fingerprint density at radius 3 is 2.37 bits per heavy atom. The third-order valence-corrected chi connectivity index (χ3v) is 9.01. The molecule has 214 valence electrons. The minimum Gasteiger partial charge on any atom is -0.369 e. The van der Waals surface area contributed by atoms with Gasteiger partial charge in [-0.2, -0.15) is 17.8 Å². The molecule has 4 heterocycles. The highest BCUT2D eigenvalue weighted by Gasteiger charge is 2.28. The lowest BCUT2D eigenvalue weighted by molar-refractivity contribution is 0.482. The number of nitrogens with one attached hydrogen (secondary N) is 2. The van der Waals surface area contributed by atoms with Gasteiger partial charge in [-0.15, -0.1) is 0 Å². The Morgan fingerprint density at radius 1 is 0.951 bits per heavy atom. The molecule has 1 atom stereocenters. The maximum Gasteiger partial charge on any atom is 0.301 e. The number of rotatable bonds is 7. The van der Waals surface area contributed by atoms with Crippen molar-refractivity contribution in [3.8, 4) is 28.1 Å². The van der Waals surface area contributed by atoms with E-state index in [-0.39, 0.29) is 5.56 Å². The Bertz CT molecular complexity index is 1640. The second-order valence-electron chi connectivity index (χ2n) is 10.4. The first kappa shape index (κ1) is 27.3. The van der Waals surface area contributed by atoms with Crippen LogP contribution in [0.1, 0.15) is 19.8 Å². The fourth-order valence-electron chi connectivity index (χ4n) is 5.40. The van der Waals surface area contributed by atoms with Gasteiger partial charge in [0.05, 0.1) is 11.4 Å². The van der Waals surface area contributed by atoms with Gasteiger partial charge in [0.2, 0.25) is 0 Å². The van der Waals surface area contributed by atoms with Gasteiger partial charge in [-0.1, -0.05) is 0 Å². The molecule has 0 saturated carbocycles. The van der Waals surface area contributed by atoms with Gasteiger partial charge in [-0.25, -0.2) is 13.5 Å². The van der Waals surface area contributed by atoms with E-state index in [0.29, 0.717) is 36.0 Å². The molecule has 0 radical (unpaired) electrons. The van der Waals surface area contributed by atoms with Gasteiger partial charge in [-0.05, 0) is 62.2 Å². The molecular weight excluding hydrogens is 548 g/mol. The minimum atomic E-state index is -4.03. The van der Waals surface area contributed by atoms with Gasteiger partial charge in [0, 0.05) is 85.8 Å². The van der Waals surface area contributed by atoms with Crippen LogP contribution in [0.2, 0.25) is 0 Å². The van der Waals surface area contributed by atoms with Crippen molar-refractivity contribution in [2.45, 2.75) is 25.8 Å². The summed E-state index contributed by atoms with van der Waals surface area (Å²) in [6.07, 6.45) is 6.27. The summed E-state index contributed by atoms with van der Waals surface area (Å²) in [5.41, 5.74) is 2.66. The van der Waals surface area contributed by atoms with Crippen LogP contribution < -0.4 is 14.9 Å². The second-order valence-corrected chi connectivity index (χ2v) is 12.1. The van der Waals surface area contributed by atoms with Crippen LogP contribution in [0.4, 0.5) is 20.2 Å². The molecule has 2 aromatic carbocycles. The number of benzene rings is 2. The summed E-state index contributed by atoms with van der Waals surface area (Å²) < 4.78 is 61.7. The van der Waals surface area contributed by atoms with Crippen molar-refractivity contribution in [1.82, 2.24) is 24.4 Å². The van der Waals surface area contributed by atoms with E-state index >= 15 is 4.39 Å². The zero-order valence-electron chi connectivity index (χ0n) is 22.6. The molecular formula is C29H31F2N7O2S. The summed E-state index contributed by atoms with van der Waals surface area (Å²) in [5.74, 6) is -1.66. The second kappa shape index (κ2) is 11.2. The van der Waals surface area contributed by atoms with Crippen molar-refractivity contribution in [1.29, 1.82) is 0 Å². The van der Waals surface area contributed by atoms with Crippen LogP contribution in [-0.4, -0.2) is 66.3 Å². The highest BCUT2D eigenvalue weighted by Crippen LogP contribution is 2.37. The van der Waals surface area contributed by atoms with Gasteiger partial charge in [-0.3, -0.25) is 9.71 Å². The van der Waals surface area contributed by atoms with Crippen LogP contribution in [0.25, 0.3) is 28.1 Å². The third kappa shape index (κ3) is 5.67. The molecule has 0 unspecified atom stereocenters. The number of anilines is 2. The first-order valence-corrected chi connectivity index (χ1v) is 15.1. The van der Waals surface area contributed by atoms with Gasteiger partial charge in [0.1, 0.15) is 11.5 Å². The summed E-state index contributed by atoms with van der Waals surface area (Å²) in [6, 6.07) is 13.7. The SMILES string of the molecule is C[C@@H]1CN(c2ccc(-n3cc(-c4cc(F)cc(NS(=O)(=O)N5CCCC5)c4F)c(-c4ccncc4)n3)cc2)CCN1. The van der Waals surface area contributed by atoms with Crippen molar-refractivity contribution in [2.75, 3.05) is 42.3 Å². The summed E-state index contributed by atoms with van der Waals surface area (Å²) in [6.45, 7) is 5.55. The number of aromatic nitrogens is 3. The molecule has 2 aliphatic rings. The van der Waals surface area contributed by atoms with Crippen molar-refractivity contribution in [2.24, 2.45) is 0 Å². The summed E-state index contributed by atoms with van der Waals surface area (Å²) in [7, 11) is -4.03. The third-order valence-electron chi connectivity index (χ3n) is 7.49. The number of pyridine rings is 1. The quantitative estimate of drug-likeness (QED) is 0.337. The molecule has 0 spiro atoms. The fourth-order valence-corrected chi connectivity index (χ4v) is 6.70. The van der Waals surface area contributed by atoms with E-state index in [9.17, 15) is 12.8 Å². The van der Waals surface area contributed by atoms with Crippen molar-refractivity contribution in [3.63, 3.8) is 0 Å². The molecule has 4 aromatic rings. The van der Waals surface area contributed by atoms with E-state index in [1.807, 2.05) is 24.3 Å². The van der Waals surface area contributed by atoms with Gasteiger partial charge >= 0.3 is 10.2 Å². The highest BCUT2D eigenvalue weighted by molar-refractivity contribution is 7.90. The van der Waals surface area contributed by atoms with E-state index in [0.717, 1.165) is 56.0 Å². The van der Waals surface area contributed by atoms with Crippen LogP contribution >= 0.6 is 0 Å². The topological polar surface area (TPSA) is 95.4 Å². The van der Waals surface area contributed by atoms with Gasteiger partial charge < -0.3 is 10.2 Å². The molecule has 0 amide bonds. The predicted molar refractivity (Wildman–Crippen MR) is 155 cm³/mol. The Morgan fingerprint density at radius 2 is 1.66 bits per heavy atom. The van der Waals surface area contributed by atoms with Crippen molar-refractivity contribution >= 4 is 21.6 Å². The molecule has 12 heteroatoms. The predicted octanol–water partition coefficient (Wildman–Crippen LogP) is 4.43. The number of halogens is 2. The monoisotopic (exact) mass is 579 g/mol. The average molecular weight is 580 g/mol. The maximum atomic E-state index is 16.0. The zero-order valence-corrected chi connectivity index (χ0v) is 23.4. The van der Waals surface area contributed by atoms with Gasteiger partial charge in [0.25, 0.3) is 0 Å². The molecule has 2 aromatic heterocycles.